The molecule has 0 saturated heterocycles. The number of amides is 2. The Morgan fingerprint density at radius 2 is 1.79 bits per heavy atom. The van der Waals surface area contributed by atoms with Crippen LogP contribution in [0.2, 0.25) is 15.1 Å². The number of halogens is 3. The summed E-state index contributed by atoms with van der Waals surface area (Å²) >= 11 is 17.9. The second kappa shape index (κ2) is 8.73. The minimum atomic E-state index is -0.546. The third-order valence-electron chi connectivity index (χ3n) is 3.88. The maximum atomic E-state index is 12.1. The molecule has 0 unspecified atom stereocenters. The van der Waals surface area contributed by atoms with Crippen LogP contribution in [0.4, 0.5) is 0 Å². The molecule has 0 atom stereocenters. The number of aryl methyl sites for hydroxylation is 1. The van der Waals surface area contributed by atoms with Gasteiger partial charge < -0.3 is 9.15 Å². The van der Waals surface area contributed by atoms with E-state index < -0.39 is 11.8 Å². The van der Waals surface area contributed by atoms with Crippen LogP contribution in [-0.2, 0) is 16.0 Å². The Balaban J connectivity index is 1.51. The molecule has 2 amide bonds. The number of benzene rings is 2. The molecule has 0 aliphatic carbocycles. The molecule has 6 nitrogen and oxygen atoms in total. The number of carbonyl (C=O) groups excluding carboxylic acids is 2. The van der Waals surface area contributed by atoms with Crippen LogP contribution in [0.3, 0.4) is 0 Å². The molecule has 2 aromatic carbocycles. The van der Waals surface area contributed by atoms with Gasteiger partial charge in [-0.1, -0.05) is 34.8 Å². The fraction of sp³-hybridized carbons (Fsp3) is 0.158. The summed E-state index contributed by atoms with van der Waals surface area (Å²) in [5.74, 6) is -0.656. The average molecular weight is 442 g/mol. The van der Waals surface area contributed by atoms with Crippen molar-refractivity contribution in [3.8, 4) is 5.75 Å². The number of hydrogen-bond acceptors (Lipinski definition) is 4. The van der Waals surface area contributed by atoms with Gasteiger partial charge in [0.25, 0.3) is 5.91 Å². The first-order valence-corrected chi connectivity index (χ1v) is 9.28. The van der Waals surface area contributed by atoms with Crippen LogP contribution in [0.25, 0.3) is 11.0 Å². The second-order valence-corrected chi connectivity index (χ2v) is 7.25. The Labute approximate surface area is 175 Å². The molecule has 3 aromatic rings. The van der Waals surface area contributed by atoms with Gasteiger partial charge in [-0.3, -0.25) is 20.4 Å². The second-order valence-electron chi connectivity index (χ2n) is 6.00. The van der Waals surface area contributed by atoms with Crippen LogP contribution in [0.15, 0.2) is 41.0 Å². The average Bonchev–Trinajstić information content (AvgIpc) is 3.01. The summed E-state index contributed by atoms with van der Waals surface area (Å²) in [5.41, 5.74) is 6.78. The van der Waals surface area contributed by atoms with Gasteiger partial charge in [-0.05, 0) is 42.8 Å². The van der Waals surface area contributed by atoms with E-state index in [0.29, 0.717) is 26.9 Å². The summed E-state index contributed by atoms with van der Waals surface area (Å²) in [6.07, 6.45) is 1.50. The molecule has 0 spiro atoms. The zero-order chi connectivity index (χ0) is 20.3. The van der Waals surface area contributed by atoms with Gasteiger partial charge in [0.15, 0.2) is 6.61 Å². The van der Waals surface area contributed by atoms with Crippen LogP contribution < -0.4 is 15.6 Å². The first-order valence-electron chi connectivity index (χ1n) is 8.15. The highest BCUT2D eigenvalue weighted by Crippen LogP contribution is 2.28. The van der Waals surface area contributed by atoms with Crippen molar-refractivity contribution in [2.45, 2.75) is 13.3 Å². The Bertz CT molecular complexity index is 1050. The van der Waals surface area contributed by atoms with Crippen LogP contribution in [0.5, 0.6) is 5.75 Å². The topological polar surface area (TPSA) is 80.6 Å². The lowest BCUT2D eigenvalue weighted by Gasteiger charge is -2.09. The monoisotopic (exact) mass is 440 g/mol. The van der Waals surface area contributed by atoms with Gasteiger partial charge >= 0.3 is 0 Å². The number of hydrazine groups is 1. The molecule has 146 valence electrons. The Hall–Kier alpha value is -2.41. The van der Waals surface area contributed by atoms with E-state index >= 15 is 0 Å². The predicted octanol–water partition coefficient (Wildman–Crippen LogP) is 4.47. The first kappa shape index (κ1) is 20.3. The van der Waals surface area contributed by atoms with Crippen molar-refractivity contribution in [2.24, 2.45) is 0 Å². The van der Waals surface area contributed by atoms with Gasteiger partial charge in [0.1, 0.15) is 11.3 Å². The summed E-state index contributed by atoms with van der Waals surface area (Å²) in [6.45, 7) is 1.54. The standard InChI is InChI=1S/C19H15Cl3N2O4/c1-10-4-17-13(7-14(10)21)11(8-27-17)5-18(25)23-24-19(26)9-28-16-3-2-12(20)6-15(16)22/h2-4,6-8H,5,9H2,1H3,(H,23,25)(H,24,26). The third-order valence-corrected chi connectivity index (χ3v) is 4.82. The van der Waals surface area contributed by atoms with E-state index in [1.54, 1.807) is 24.3 Å². The number of furan rings is 1. The fourth-order valence-corrected chi connectivity index (χ4v) is 3.09. The number of fused-ring (bicyclic) bond motifs is 1. The van der Waals surface area contributed by atoms with Crippen molar-refractivity contribution in [1.29, 1.82) is 0 Å². The van der Waals surface area contributed by atoms with Gasteiger partial charge in [0, 0.05) is 21.0 Å². The van der Waals surface area contributed by atoms with Gasteiger partial charge in [0.2, 0.25) is 5.91 Å². The van der Waals surface area contributed by atoms with Crippen LogP contribution in [0, 0.1) is 6.92 Å². The van der Waals surface area contributed by atoms with Crippen molar-refractivity contribution >= 4 is 57.6 Å². The SMILES string of the molecule is Cc1cc2occ(CC(=O)NNC(=O)COc3ccc(Cl)cc3Cl)c2cc1Cl. The summed E-state index contributed by atoms with van der Waals surface area (Å²) in [5, 5.41) is 2.07. The van der Waals surface area contributed by atoms with Crippen molar-refractivity contribution in [3.05, 3.63) is 62.8 Å². The third kappa shape index (κ3) is 4.90. The van der Waals surface area contributed by atoms with Crippen LogP contribution in [-0.4, -0.2) is 18.4 Å². The Kier molecular flexibility index (Phi) is 6.34. The molecule has 9 heteroatoms. The molecule has 2 N–H and O–H groups in total. The van der Waals surface area contributed by atoms with E-state index in [1.807, 2.05) is 6.92 Å². The highest BCUT2D eigenvalue weighted by Gasteiger charge is 2.13. The van der Waals surface area contributed by atoms with Gasteiger partial charge in [0.05, 0.1) is 17.7 Å². The van der Waals surface area contributed by atoms with E-state index in [-0.39, 0.29) is 18.1 Å². The van der Waals surface area contributed by atoms with E-state index in [2.05, 4.69) is 10.9 Å². The van der Waals surface area contributed by atoms with E-state index in [4.69, 9.17) is 44.0 Å². The molecular formula is C19H15Cl3N2O4. The number of rotatable bonds is 5. The predicted molar refractivity (Wildman–Crippen MR) is 108 cm³/mol. The Morgan fingerprint density at radius 3 is 2.54 bits per heavy atom. The largest absolute Gasteiger partial charge is 0.482 e. The van der Waals surface area contributed by atoms with Gasteiger partial charge in [-0.15, -0.1) is 0 Å². The minimum absolute atomic E-state index is 0.0105. The maximum Gasteiger partial charge on any atom is 0.276 e. The molecule has 0 radical (unpaired) electrons. The van der Waals surface area contributed by atoms with E-state index in [0.717, 1.165) is 10.9 Å². The van der Waals surface area contributed by atoms with Crippen molar-refractivity contribution in [2.75, 3.05) is 6.61 Å². The maximum absolute atomic E-state index is 12.1. The molecule has 28 heavy (non-hydrogen) atoms. The van der Waals surface area contributed by atoms with Crippen molar-refractivity contribution in [3.63, 3.8) is 0 Å². The number of hydrogen-bond donors (Lipinski definition) is 2. The quantitative estimate of drug-likeness (QED) is 0.573. The lowest BCUT2D eigenvalue weighted by Crippen LogP contribution is -2.44. The number of nitrogens with one attached hydrogen (secondary N) is 2. The number of ether oxygens (including phenoxy) is 1. The molecule has 1 heterocycles. The van der Waals surface area contributed by atoms with Gasteiger partial charge in [-0.2, -0.15) is 0 Å². The summed E-state index contributed by atoms with van der Waals surface area (Å²) in [4.78, 5) is 23.9. The molecule has 0 saturated carbocycles. The lowest BCUT2D eigenvalue weighted by molar-refractivity contribution is -0.129. The molecule has 0 aliphatic rings. The molecule has 0 fully saturated rings. The summed E-state index contributed by atoms with van der Waals surface area (Å²) in [6, 6.07) is 8.20. The first-order chi connectivity index (χ1) is 13.3. The molecular weight excluding hydrogens is 427 g/mol. The zero-order valence-electron chi connectivity index (χ0n) is 14.6. The van der Waals surface area contributed by atoms with Crippen molar-refractivity contribution in [1.82, 2.24) is 10.9 Å². The number of carbonyl (C=O) groups is 2. The highest BCUT2D eigenvalue weighted by atomic mass is 35.5. The van der Waals surface area contributed by atoms with Crippen molar-refractivity contribution < 1.29 is 18.7 Å². The molecule has 0 bridgehead atoms. The zero-order valence-corrected chi connectivity index (χ0v) is 16.9. The van der Waals surface area contributed by atoms with E-state index in [1.165, 1.54) is 12.3 Å². The summed E-state index contributed by atoms with van der Waals surface area (Å²) < 4.78 is 10.7. The molecule has 3 rings (SSSR count). The fourth-order valence-electron chi connectivity index (χ4n) is 2.47. The summed E-state index contributed by atoms with van der Waals surface area (Å²) in [7, 11) is 0. The minimum Gasteiger partial charge on any atom is -0.482 e. The van der Waals surface area contributed by atoms with Crippen LogP contribution in [0.1, 0.15) is 11.1 Å². The molecule has 1 aromatic heterocycles. The molecule has 0 aliphatic heterocycles. The van der Waals surface area contributed by atoms with Crippen LogP contribution >= 0.6 is 34.8 Å². The normalized spacial score (nSPS) is 10.7. The Morgan fingerprint density at radius 1 is 1.04 bits per heavy atom. The highest BCUT2D eigenvalue weighted by molar-refractivity contribution is 6.35. The van der Waals surface area contributed by atoms with E-state index in [9.17, 15) is 9.59 Å². The lowest BCUT2D eigenvalue weighted by atomic mass is 10.1. The van der Waals surface area contributed by atoms with Gasteiger partial charge in [-0.25, -0.2) is 0 Å². The smallest absolute Gasteiger partial charge is 0.276 e.